The van der Waals surface area contributed by atoms with Gasteiger partial charge in [0, 0.05) is 23.8 Å². The smallest absolute Gasteiger partial charge is 0.0804 e. The molecule has 122 valence electrons. The van der Waals surface area contributed by atoms with Crippen LogP contribution in [0.25, 0.3) is 5.69 Å². The second-order valence-electron chi connectivity index (χ2n) is 7.13. The fourth-order valence-corrected chi connectivity index (χ4v) is 4.01. The molecule has 1 atom stereocenters. The Morgan fingerprint density at radius 3 is 2.65 bits per heavy atom. The van der Waals surface area contributed by atoms with E-state index in [1.807, 2.05) is 22.9 Å². The SMILES string of the molecule is Cc1nn(-c2ccccc2)c(C)c1CN1CCCC1C1(O)CC1. The van der Waals surface area contributed by atoms with Gasteiger partial charge in [-0.2, -0.15) is 5.10 Å². The molecular weight excluding hydrogens is 286 g/mol. The molecule has 2 aliphatic rings. The van der Waals surface area contributed by atoms with E-state index in [0.717, 1.165) is 43.7 Å². The van der Waals surface area contributed by atoms with Gasteiger partial charge in [-0.05, 0) is 58.2 Å². The second-order valence-corrected chi connectivity index (χ2v) is 7.13. The van der Waals surface area contributed by atoms with Gasteiger partial charge in [0.1, 0.15) is 0 Å². The molecule has 0 bridgehead atoms. The van der Waals surface area contributed by atoms with Crippen LogP contribution in [0, 0.1) is 13.8 Å². The summed E-state index contributed by atoms with van der Waals surface area (Å²) in [5, 5.41) is 15.3. The zero-order chi connectivity index (χ0) is 16.0. The topological polar surface area (TPSA) is 41.3 Å². The Hall–Kier alpha value is -1.65. The highest BCUT2D eigenvalue weighted by atomic mass is 16.3. The molecule has 0 spiro atoms. The molecule has 1 N–H and O–H groups in total. The number of aryl methyl sites for hydroxylation is 1. The molecule has 4 heteroatoms. The molecule has 1 saturated carbocycles. The summed E-state index contributed by atoms with van der Waals surface area (Å²) in [4.78, 5) is 2.47. The molecular formula is C19H25N3O. The molecule has 1 aromatic carbocycles. The first-order chi connectivity index (χ1) is 11.1. The van der Waals surface area contributed by atoms with Crippen LogP contribution in [0.1, 0.15) is 42.6 Å². The first-order valence-corrected chi connectivity index (χ1v) is 8.65. The van der Waals surface area contributed by atoms with Crippen LogP contribution in [0.3, 0.4) is 0 Å². The van der Waals surface area contributed by atoms with Crippen molar-refractivity contribution in [1.29, 1.82) is 0 Å². The maximum atomic E-state index is 10.5. The third kappa shape index (κ3) is 2.60. The zero-order valence-electron chi connectivity index (χ0n) is 14.0. The molecule has 2 heterocycles. The van der Waals surface area contributed by atoms with Crippen LogP contribution in [0.2, 0.25) is 0 Å². The van der Waals surface area contributed by atoms with Crippen molar-refractivity contribution in [1.82, 2.24) is 14.7 Å². The summed E-state index contributed by atoms with van der Waals surface area (Å²) >= 11 is 0. The number of likely N-dealkylation sites (tertiary alicyclic amines) is 1. The lowest BCUT2D eigenvalue weighted by Gasteiger charge is -2.28. The predicted molar refractivity (Wildman–Crippen MR) is 90.7 cm³/mol. The molecule has 1 aromatic heterocycles. The van der Waals surface area contributed by atoms with E-state index < -0.39 is 5.60 Å². The molecule has 2 aromatic rings. The molecule has 23 heavy (non-hydrogen) atoms. The van der Waals surface area contributed by atoms with E-state index in [1.165, 1.54) is 17.7 Å². The molecule has 0 radical (unpaired) electrons. The van der Waals surface area contributed by atoms with Crippen molar-refractivity contribution in [2.45, 2.75) is 57.7 Å². The predicted octanol–water partition coefficient (Wildman–Crippen LogP) is 2.98. The Morgan fingerprint density at radius 1 is 1.22 bits per heavy atom. The Balaban J connectivity index is 1.61. The average molecular weight is 311 g/mol. The Kier molecular flexibility index (Phi) is 3.54. The fraction of sp³-hybridized carbons (Fsp3) is 0.526. The molecule has 4 rings (SSSR count). The van der Waals surface area contributed by atoms with Gasteiger partial charge < -0.3 is 5.11 Å². The van der Waals surface area contributed by atoms with Crippen LogP contribution in [0.5, 0.6) is 0 Å². The zero-order valence-corrected chi connectivity index (χ0v) is 14.0. The van der Waals surface area contributed by atoms with Crippen molar-refractivity contribution in [3.05, 3.63) is 47.3 Å². The van der Waals surface area contributed by atoms with E-state index >= 15 is 0 Å². The van der Waals surface area contributed by atoms with Gasteiger partial charge in [0.05, 0.1) is 17.0 Å². The van der Waals surface area contributed by atoms with E-state index in [4.69, 9.17) is 5.10 Å². The number of nitrogens with zero attached hydrogens (tertiary/aromatic N) is 3. The van der Waals surface area contributed by atoms with Gasteiger partial charge in [-0.25, -0.2) is 4.68 Å². The van der Waals surface area contributed by atoms with Crippen LogP contribution < -0.4 is 0 Å². The normalized spacial score (nSPS) is 23.3. The van der Waals surface area contributed by atoms with Crippen molar-refractivity contribution < 1.29 is 5.11 Å². The second kappa shape index (κ2) is 5.46. The maximum Gasteiger partial charge on any atom is 0.0804 e. The molecule has 2 fully saturated rings. The number of aromatic nitrogens is 2. The molecule has 1 unspecified atom stereocenters. The maximum absolute atomic E-state index is 10.5. The summed E-state index contributed by atoms with van der Waals surface area (Å²) < 4.78 is 2.04. The Labute approximate surface area is 137 Å². The lowest BCUT2D eigenvalue weighted by atomic mass is 10.1. The van der Waals surface area contributed by atoms with Gasteiger partial charge in [-0.15, -0.1) is 0 Å². The summed E-state index contributed by atoms with van der Waals surface area (Å²) in [5.74, 6) is 0. The van der Waals surface area contributed by atoms with E-state index in [1.54, 1.807) is 0 Å². The van der Waals surface area contributed by atoms with E-state index in [9.17, 15) is 5.11 Å². The standard InChI is InChI=1S/C19H25N3O/c1-14-17(13-21-12-6-9-18(21)19(23)10-11-19)15(2)22(20-14)16-7-4-3-5-8-16/h3-5,7-8,18,23H,6,9-13H2,1-2H3. The summed E-state index contributed by atoms with van der Waals surface area (Å²) in [6.07, 6.45) is 4.25. The third-order valence-corrected chi connectivity index (χ3v) is 5.55. The molecule has 1 aliphatic heterocycles. The fourth-order valence-electron chi connectivity index (χ4n) is 4.01. The van der Waals surface area contributed by atoms with Crippen molar-refractivity contribution in [3.8, 4) is 5.69 Å². The summed E-state index contributed by atoms with van der Waals surface area (Å²) in [5.41, 5.74) is 4.32. The van der Waals surface area contributed by atoms with Crippen molar-refractivity contribution >= 4 is 0 Å². The van der Waals surface area contributed by atoms with Crippen molar-refractivity contribution in [3.63, 3.8) is 0 Å². The summed E-state index contributed by atoms with van der Waals surface area (Å²) in [6, 6.07) is 10.6. The lowest BCUT2D eigenvalue weighted by Crippen LogP contribution is -2.40. The minimum Gasteiger partial charge on any atom is -0.388 e. The van der Waals surface area contributed by atoms with Gasteiger partial charge in [0.25, 0.3) is 0 Å². The summed E-state index contributed by atoms with van der Waals surface area (Å²) in [7, 11) is 0. The average Bonchev–Trinajstić information content (AvgIpc) is 3.02. The van der Waals surface area contributed by atoms with Gasteiger partial charge in [-0.3, -0.25) is 4.90 Å². The quantitative estimate of drug-likeness (QED) is 0.944. The molecule has 0 amide bonds. The minimum atomic E-state index is -0.409. The molecule has 1 saturated heterocycles. The number of aliphatic hydroxyl groups is 1. The first kappa shape index (κ1) is 14.9. The van der Waals surface area contributed by atoms with Crippen molar-refractivity contribution in [2.24, 2.45) is 0 Å². The van der Waals surface area contributed by atoms with Crippen molar-refractivity contribution in [2.75, 3.05) is 6.54 Å². The van der Waals surface area contributed by atoms with Gasteiger partial charge in [0.2, 0.25) is 0 Å². The molecule has 1 aliphatic carbocycles. The van der Waals surface area contributed by atoms with Gasteiger partial charge >= 0.3 is 0 Å². The Bertz CT molecular complexity index is 703. The van der Waals surface area contributed by atoms with Crippen LogP contribution in [-0.4, -0.2) is 38.0 Å². The number of para-hydroxylation sites is 1. The van der Waals surface area contributed by atoms with E-state index in [0.29, 0.717) is 6.04 Å². The first-order valence-electron chi connectivity index (χ1n) is 8.65. The monoisotopic (exact) mass is 311 g/mol. The Morgan fingerprint density at radius 2 is 1.96 bits per heavy atom. The largest absolute Gasteiger partial charge is 0.388 e. The number of hydrogen-bond acceptors (Lipinski definition) is 3. The van der Waals surface area contributed by atoms with Crippen LogP contribution in [-0.2, 0) is 6.54 Å². The number of benzene rings is 1. The van der Waals surface area contributed by atoms with Gasteiger partial charge in [-0.1, -0.05) is 18.2 Å². The molecule has 4 nitrogen and oxygen atoms in total. The van der Waals surface area contributed by atoms with Gasteiger partial charge in [0.15, 0.2) is 0 Å². The van der Waals surface area contributed by atoms with E-state index in [-0.39, 0.29) is 0 Å². The van der Waals surface area contributed by atoms with E-state index in [2.05, 4.69) is 30.9 Å². The van der Waals surface area contributed by atoms with Crippen LogP contribution >= 0.6 is 0 Å². The third-order valence-electron chi connectivity index (χ3n) is 5.55. The van der Waals surface area contributed by atoms with Crippen LogP contribution in [0.15, 0.2) is 30.3 Å². The lowest BCUT2D eigenvalue weighted by molar-refractivity contribution is 0.0479. The number of rotatable bonds is 4. The highest BCUT2D eigenvalue weighted by Crippen LogP contribution is 2.45. The summed E-state index contributed by atoms with van der Waals surface area (Å²) in [6.45, 7) is 6.23. The number of hydrogen-bond donors (Lipinski definition) is 1. The minimum absolute atomic E-state index is 0.335. The highest BCUT2D eigenvalue weighted by molar-refractivity contribution is 5.37. The van der Waals surface area contributed by atoms with Crippen LogP contribution in [0.4, 0.5) is 0 Å². The highest BCUT2D eigenvalue weighted by Gasteiger charge is 2.51.